The number of benzene rings is 1. The first-order valence-electron chi connectivity index (χ1n) is 8.18. The van der Waals surface area contributed by atoms with E-state index < -0.39 is 0 Å². The lowest BCUT2D eigenvalue weighted by atomic mass is 9.89. The monoisotopic (exact) mass is 331 g/mol. The molecule has 0 amide bonds. The Balaban J connectivity index is 1.61. The Labute approximate surface area is 142 Å². The molecule has 5 heteroatoms. The molecule has 0 unspecified atom stereocenters. The summed E-state index contributed by atoms with van der Waals surface area (Å²) < 4.78 is 5.84. The molecule has 1 fully saturated rings. The molecule has 1 aromatic heterocycles. The summed E-state index contributed by atoms with van der Waals surface area (Å²) in [5, 5.41) is 5.71. The van der Waals surface area contributed by atoms with Gasteiger partial charge in [0, 0.05) is 35.8 Å². The summed E-state index contributed by atoms with van der Waals surface area (Å²) >= 11 is 1.59. The second kappa shape index (κ2) is 7.32. The van der Waals surface area contributed by atoms with E-state index in [1.165, 1.54) is 6.42 Å². The van der Waals surface area contributed by atoms with E-state index in [1.54, 1.807) is 11.3 Å². The first-order chi connectivity index (χ1) is 11.1. The number of hydrogen-bond acceptors (Lipinski definition) is 5. The van der Waals surface area contributed by atoms with E-state index >= 15 is 0 Å². The average molecular weight is 331 g/mol. The van der Waals surface area contributed by atoms with Crippen molar-refractivity contribution in [1.29, 1.82) is 0 Å². The van der Waals surface area contributed by atoms with Crippen LogP contribution in [0.1, 0.15) is 26.0 Å². The number of hydrogen-bond donors (Lipinski definition) is 1. The first-order valence-corrected chi connectivity index (χ1v) is 9.13. The molecular weight excluding hydrogens is 306 g/mol. The number of likely N-dealkylation sites (tertiary alicyclic amines) is 1. The van der Waals surface area contributed by atoms with Crippen LogP contribution < -0.4 is 10.1 Å². The van der Waals surface area contributed by atoms with Crippen LogP contribution in [0.4, 0.5) is 5.69 Å². The van der Waals surface area contributed by atoms with E-state index in [4.69, 9.17) is 4.74 Å². The summed E-state index contributed by atoms with van der Waals surface area (Å²) in [5.74, 6) is 1.52. The van der Waals surface area contributed by atoms with Crippen molar-refractivity contribution >= 4 is 17.0 Å². The van der Waals surface area contributed by atoms with Gasteiger partial charge in [-0.25, -0.2) is 4.98 Å². The largest absolute Gasteiger partial charge is 0.487 e. The highest BCUT2D eigenvalue weighted by Crippen LogP contribution is 2.26. The minimum Gasteiger partial charge on any atom is -0.487 e. The van der Waals surface area contributed by atoms with Crippen LogP contribution in [0.2, 0.25) is 0 Å². The van der Waals surface area contributed by atoms with E-state index in [-0.39, 0.29) is 0 Å². The molecule has 2 aromatic rings. The molecule has 0 saturated carbocycles. The number of anilines is 1. The molecule has 0 radical (unpaired) electrons. The van der Waals surface area contributed by atoms with Gasteiger partial charge < -0.3 is 15.0 Å². The van der Waals surface area contributed by atoms with Crippen molar-refractivity contribution in [1.82, 2.24) is 9.88 Å². The number of rotatable bonds is 5. The smallest absolute Gasteiger partial charge is 0.131 e. The summed E-state index contributed by atoms with van der Waals surface area (Å²) in [7, 11) is 2.21. The number of nitrogens with zero attached hydrogens (tertiary/aromatic N) is 2. The lowest BCUT2D eigenvalue weighted by molar-refractivity contribution is 0.145. The zero-order valence-corrected chi connectivity index (χ0v) is 14.8. The Morgan fingerprint density at radius 3 is 3.04 bits per heavy atom. The van der Waals surface area contributed by atoms with Gasteiger partial charge in [-0.15, -0.1) is 11.3 Å². The molecule has 1 aromatic carbocycles. The van der Waals surface area contributed by atoms with Crippen molar-refractivity contribution in [3.63, 3.8) is 0 Å². The number of nitrogens with one attached hydrogen (secondary N) is 1. The zero-order chi connectivity index (χ0) is 16.2. The summed E-state index contributed by atoms with van der Waals surface area (Å²) in [4.78, 5) is 6.69. The summed E-state index contributed by atoms with van der Waals surface area (Å²) in [6, 6.07) is 9.37. The van der Waals surface area contributed by atoms with Gasteiger partial charge in [-0.2, -0.15) is 0 Å². The summed E-state index contributed by atoms with van der Waals surface area (Å²) in [6.45, 7) is 6.28. The van der Waals surface area contributed by atoms with Gasteiger partial charge >= 0.3 is 0 Å². The maximum Gasteiger partial charge on any atom is 0.131 e. The standard InChI is InChI=1S/C18H25N3OS/c1-13-9-21(3)14(2)7-18(13)20-15-5-4-6-17(8-15)22-10-16-11-23-12-19-16/h4-6,8,11-14,18,20H,7,9-10H2,1-3H3/t13-,14+,18+/m1/s1. The lowest BCUT2D eigenvalue weighted by Crippen LogP contribution is -2.48. The van der Waals surface area contributed by atoms with E-state index in [0.717, 1.165) is 23.7 Å². The van der Waals surface area contributed by atoms with Crippen LogP contribution in [-0.4, -0.2) is 35.6 Å². The van der Waals surface area contributed by atoms with Crippen LogP contribution in [-0.2, 0) is 6.61 Å². The van der Waals surface area contributed by atoms with Crippen LogP contribution in [0.5, 0.6) is 5.75 Å². The van der Waals surface area contributed by atoms with E-state index in [0.29, 0.717) is 24.6 Å². The van der Waals surface area contributed by atoms with Gasteiger partial charge in [-0.1, -0.05) is 13.0 Å². The second-order valence-corrected chi connectivity index (χ2v) is 7.27. The third-order valence-corrected chi connectivity index (χ3v) is 5.30. The molecule has 1 saturated heterocycles. The van der Waals surface area contributed by atoms with Gasteiger partial charge in [-0.3, -0.25) is 0 Å². The Bertz CT molecular complexity index is 616. The molecule has 1 N–H and O–H groups in total. The Morgan fingerprint density at radius 2 is 2.26 bits per heavy atom. The van der Waals surface area contributed by atoms with Crippen molar-refractivity contribution in [2.24, 2.45) is 5.92 Å². The number of ether oxygens (including phenoxy) is 1. The minimum atomic E-state index is 0.509. The average Bonchev–Trinajstić information content (AvgIpc) is 3.04. The highest BCUT2D eigenvalue weighted by molar-refractivity contribution is 7.07. The molecule has 0 spiro atoms. The van der Waals surface area contributed by atoms with Crippen molar-refractivity contribution in [3.05, 3.63) is 40.8 Å². The molecule has 1 aliphatic rings. The molecule has 23 heavy (non-hydrogen) atoms. The number of thiazole rings is 1. The SMILES string of the molecule is C[C@@H]1CN(C)[C@@H](C)C[C@@H]1Nc1cccc(OCc2cscn2)c1. The highest BCUT2D eigenvalue weighted by Gasteiger charge is 2.28. The molecule has 2 heterocycles. The molecule has 3 rings (SSSR count). The Hall–Kier alpha value is -1.59. The maximum absolute atomic E-state index is 5.84. The highest BCUT2D eigenvalue weighted by atomic mass is 32.1. The molecule has 124 valence electrons. The van der Waals surface area contributed by atoms with Crippen molar-refractivity contribution in [2.75, 3.05) is 18.9 Å². The van der Waals surface area contributed by atoms with Crippen LogP contribution in [0.15, 0.2) is 35.2 Å². The van der Waals surface area contributed by atoms with Crippen LogP contribution >= 0.6 is 11.3 Å². The molecular formula is C18H25N3OS. The van der Waals surface area contributed by atoms with Crippen LogP contribution in [0, 0.1) is 5.92 Å². The first kappa shape index (κ1) is 16.3. The molecule has 3 atom stereocenters. The van der Waals surface area contributed by atoms with Crippen LogP contribution in [0.3, 0.4) is 0 Å². The number of aromatic nitrogens is 1. The third-order valence-electron chi connectivity index (χ3n) is 4.67. The molecule has 4 nitrogen and oxygen atoms in total. The lowest BCUT2D eigenvalue weighted by Gasteiger charge is -2.40. The predicted octanol–water partition coefficient (Wildman–Crippen LogP) is 3.86. The predicted molar refractivity (Wildman–Crippen MR) is 96.2 cm³/mol. The van der Waals surface area contributed by atoms with Gasteiger partial charge in [0.2, 0.25) is 0 Å². The normalized spacial score (nSPS) is 25.3. The molecule has 0 aliphatic carbocycles. The quantitative estimate of drug-likeness (QED) is 0.903. The molecule has 0 bridgehead atoms. The molecule has 1 aliphatic heterocycles. The second-order valence-electron chi connectivity index (χ2n) is 6.55. The van der Waals surface area contributed by atoms with Gasteiger partial charge in [0.25, 0.3) is 0 Å². The van der Waals surface area contributed by atoms with Crippen molar-refractivity contribution in [2.45, 2.75) is 39.0 Å². The third kappa shape index (κ3) is 4.24. The minimum absolute atomic E-state index is 0.509. The van der Waals surface area contributed by atoms with Crippen LogP contribution in [0.25, 0.3) is 0 Å². The fourth-order valence-electron chi connectivity index (χ4n) is 3.10. The summed E-state index contributed by atoms with van der Waals surface area (Å²) in [5.41, 5.74) is 3.94. The van der Waals surface area contributed by atoms with Gasteiger partial charge in [0.05, 0.1) is 11.2 Å². The van der Waals surface area contributed by atoms with E-state index in [9.17, 15) is 0 Å². The van der Waals surface area contributed by atoms with Crippen molar-refractivity contribution in [3.8, 4) is 5.75 Å². The number of piperidine rings is 1. The summed E-state index contributed by atoms with van der Waals surface area (Å²) in [6.07, 6.45) is 1.17. The fourth-order valence-corrected chi connectivity index (χ4v) is 3.64. The maximum atomic E-state index is 5.84. The zero-order valence-electron chi connectivity index (χ0n) is 14.0. The van der Waals surface area contributed by atoms with Gasteiger partial charge in [-0.05, 0) is 38.4 Å². The fraction of sp³-hybridized carbons (Fsp3) is 0.500. The van der Waals surface area contributed by atoms with E-state index in [1.807, 2.05) is 23.0 Å². The van der Waals surface area contributed by atoms with Crippen molar-refractivity contribution < 1.29 is 4.74 Å². The Kier molecular flexibility index (Phi) is 5.18. The van der Waals surface area contributed by atoms with Gasteiger partial charge in [0.15, 0.2) is 0 Å². The van der Waals surface area contributed by atoms with Gasteiger partial charge in [0.1, 0.15) is 12.4 Å². The van der Waals surface area contributed by atoms with E-state index in [2.05, 4.69) is 48.2 Å². The Morgan fingerprint density at radius 1 is 1.39 bits per heavy atom. The topological polar surface area (TPSA) is 37.4 Å².